The summed E-state index contributed by atoms with van der Waals surface area (Å²) in [5.74, 6) is 0. The van der Waals surface area contributed by atoms with E-state index in [4.69, 9.17) is 0 Å². The van der Waals surface area contributed by atoms with Gasteiger partial charge in [0.05, 0.1) is 11.7 Å². The first kappa shape index (κ1) is 14.6. The van der Waals surface area contributed by atoms with E-state index >= 15 is 0 Å². The monoisotopic (exact) mass is 263 g/mol. The molecule has 0 saturated heterocycles. The third kappa shape index (κ3) is 2.86. The predicted molar refractivity (Wildman–Crippen MR) is 80.1 cm³/mol. The number of aromatic nitrogens is 2. The molecule has 1 aromatic heterocycles. The quantitative estimate of drug-likeness (QED) is 0.808. The van der Waals surface area contributed by atoms with Gasteiger partial charge in [-0.2, -0.15) is 5.10 Å². The Hall–Kier alpha value is -0.830. The van der Waals surface area contributed by atoms with Gasteiger partial charge in [-0.25, -0.2) is 0 Å². The second-order valence-corrected chi connectivity index (χ2v) is 5.89. The van der Waals surface area contributed by atoms with Crippen molar-refractivity contribution in [2.45, 2.75) is 71.9 Å². The molecule has 1 fully saturated rings. The fourth-order valence-corrected chi connectivity index (χ4v) is 3.75. The standard InChI is InChI=1S/C16H29N3/c1-4-13-19-14(9-12-18-19)15(17-6-3)16(5-2)10-7-8-11-16/h9,12,15,17H,4-8,10-11,13H2,1-3H3. The fourth-order valence-electron chi connectivity index (χ4n) is 3.75. The van der Waals surface area contributed by atoms with Crippen LogP contribution >= 0.6 is 0 Å². The molecule has 2 rings (SSSR count). The van der Waals surface area contributed by atoms with Gasteiger partial charge >= 0.3 is 0 Å². The minimum atomic E-state index is 0.446. The average molecular weight is 263 g/mol. The molecule has 1 saturated carbocycles. The Labute approximate surface area is 117 Å². The summed E-state index contributed by atoms with van der Waals surface area (Å²) in [5, 5.41) is 8.28. The first-order valence-electron chi connectivity index (χ1n) is 8.02. The molecule has 0 amide bonds. The summed E-state index contributed by atoms with van der Waals surface area (Å²) in [6, 6.07) is 2.69. The predicted octanol–water partition coefficient (Wildman–Crippen LogP) is 3.91. The van der Waals surface area contributed by atoms with Crippen molar-refractivity contribution < 1.29 is 0 Å². The number of aryl methyl sites for hydroxylation is 1. The van der Waals surface area contributed by atoms with E-state index in [9.17, 15) is 0 Å². The zero-order valence-corrected chi connectivity index (χ0v) is 12.8. The lowest BCUT2D eigenvalue weighted by Crippen LogP contribution is -2.37. The molecule has 1 unspecified atom stereocenters. The maximum Gasteiger partial charge on any atom is 0.0559 e. The topological polar surface area (TPSA) is 29.9 Å². The molecule has 0 spiro atoms. The van der Waals surface area contributed by atoms with Gasteiger partial charge in [-0.05, 0) is 43.7 Å². The Morgan fingerprint density at radius 1 is 1.32 bits per heavy atom. The van der Waals surface area contributed by atoms with E-state index < -0.39 is 0 Å². The lowest BCUT2D eigenvalue weighted by Gasteiger charge is -2.37. The lowest BCUT2D eigenvalue weighted by atomic mass is 9.74. The number of hydrogen-bond donors (Lipinski definition) is 1. The Morgan fingerprint density at radius 2 is 2.05 bits per heavy atom. The zero-order valence-electron chi connectivity index (χ0n) is 12.8. The summed E-state index contributed by atoms with van der Waals surface area (Å²) < 4.78 is 2.21. The summed E-state index contributed by atoms with van der Waals surface area (Å²) in [6.45, 7) is 8.86. The average Bonchev–Trinajstić information content (AvgIpc) is 3.06. The summed E-state index contributed by atoms with van der Waals surface area (Å²) in [4.78, 5) is 0. The van der Waals surface area contributed by atoms with Gasteiger partial charge in [0.1, 0.15) is 0 Å². The van der Waals surface area contributed by atoms with E-state index in [1.54, 1.807) is 0 Å². The van der Waals surface area contributed by atoms with Crippen LogP contribution in [0.4, 0.5) is 0 Å². The van der Waals surface area contributed by atoms with Gasteiger partial charge in [0.15, 0.2) is 0 Å². The molecular weight excluding hydrogens is 234 g/mol. The van der Waals surface area contributed by atoms with Gasteiger partial charge in [-0.1, -0.05) is 33.6 Å². The van der Waals surface area contributed by atoms with E-state index in [0.29, 0.717) is 11.5 Å². The molecule has 0 radical (unpaired) electrons. The minimum absolute atomic E-state index is 0.446. The van der Waals surface area contributed by atoms with E-state index in [1.165, 1.54) is 37.8 Å². The molecule has 1 aromatic rings. The van der Waals surface area contributed by atoms with Crippen LogP contribution in [0.1, 0.15) is 71.0 Å². The van der Waals surface area contributed by atoms with Gasteiger partial charge in [0, 0.05) is 12.7 Å². The van der Waals surface area contributed by atoms with Gasteiger partial charge in [-0.3, -0.25) is 4.68 Å². The molecular formula is C16H29N3. The highest BCUT2D eigenvalue weighted by molar-refractivity contribution is 5.13. The number of hydrogen-bond acceptors (Lipinski definition) is 2. The van der Waals surface area contributed by atoms with Crippen LogP contribution in [0.3, 0.4) is 0 Å². The van der Waals surface area contributed by atoms with Crippen molar-refractivity contribution >= 4 is 0 Å². The van der Waals surface area contributed by atoms with Crippen LogP contribution in [0.25, 0.3) is 0 Å². The second kappa shape index (κ2) is 6.56. The number of nitrogens with zero attached hydrogens (tertiary/aromatic N) is 2. The summed E-state index contributed by atoms with van der Waals surface area (Å²) in [5.41, 5.74) is 1.84. The highest BCUT2D eigenvalue weighted by Crippen LogP contribution is 2.49. The van der Waals surface area contributed by atoms with Crippen molar-refractivity contribution in [2.24, 2.45) is 5.41 Å². The molecule has 108 valence electrons. The molecule has 1 aliphatic carbocycles. The van der Waals surface area contributed by atoms with E-state index in [-0.39, 0.29) is 0 Å². The smallest absolute Gasteiger partial charge is 0.0559 e. The van der Waals surface area contributed by atoms with Gasteiger partial charge in [-0.15, -0.1) is 0 Å². The molecule has 0 aromatic carbocycles. The molecule has 0 bridgehead atoms. The van der Waals surface area contributed by atoms with E-state index in [1.807, 2.05) is 6.20 Å². The van der Waals surface area contributed by atoms with Gasteiger partial charge in [0.2, 0.25) is 0 Å². The van der Waals surface area contributed by atoms with Crippen molar-refractivity contribution in [1.29, 1.82) is 0 Å². The normalized spacial score (nSPS) is 19.7. The van der Waals surface area contributed by atoms with Gasteiger partial charge in [0.25, 0.3) is 0 Å². The van der Waals surface area contributed by atoms with Crippen molar-refractivity contribution in [3.63, 3.8) is 0 Å². The second-order valence-electron chi connectivity index (χ2n) is 5.89. The molecule has 3 heteroatoms. The van der Waals surface area contributed by atoms with Crippen LogP contribution in [0.2, 0.25) is 0 Å². The highest BCUT2D eigenvalue weighted by Gasteiger charge is 2.41. The van der Waals surface area contributed by atoms with Gasteiger partial charge < -0.3 is 5.32 Å². The SMILES string of the molecule is CCCn1nccc1C(NCC)C1(CC)CCCC1. The van der Waals surface area contributed by atoms with Crippen LogP contribution in [-0.2, 0) is 6.54 Å². The fraction of sp³-hybridized carbons (Fsp3) is 0.812. The van der Waals surface area contributed by atoms with Crippen LogP contribution in [0.5, 0.6) is 0 Å². The zero-order chi connectivity index (χ0) is 13.7. The van der Waals surface area contributed by atoms with Crippen molar-refractivity contribution in [3.05, 3.63) is 18.0 Å². The molecule has 3 nitrogen and oxygen atoms in total. The number of nitrogens with one attached hydrogen (secondary N) is 1. The van der Waals surface area contributed by atoms with Crippen molar-refractivity contribution in [1.82, 2.24) is 15.1 Å². The maximum absolute atomic E-state index is 4.52. The Morgan fingerprint density at radius 3 is 2.63 bits per heavy atom. The maximum atomic E-state index is 4.52. The molecule has 19 heavy (non-hydrogen) atoms. The lowest BCUT2D eigenvalue weighted by molar-refractivity contribution is 0.180. The third-order valence-corrected chi connectivity index (χ3v) is 4.80. The van der Waals surface area contributed by atoms with Crippen LogP contribution < -0.4 is 5.32 Å². The van der Waals surface area contributed by atoms with Crippen LogP contribution in [0.15, 0.2) is 12.3 Å². The Kier molecular flexibility index (Phi) is 5.03. The van der Waals surface area contributed by atoms with Crippen molar-refractivity contribution in [2.75, 3.05) is 6.54 Å². The summed E-state index contributed by atoms with van der Waals surface area (Å²) in [6.07, 6.45) is 9.87. The molecule has 0 aliphatic heterocycles. The highest BCUT2D eigenvalue weighted by atomic mass is 15.3. The molecule has 1 N–H and O–H groups in total. The van der Waals surface area contributed by atoms with E-state index in [2.05, 4.69) is 41.9 Å². The van der Waals surface area contributed by atoms with Crippen LogP contribution in [0, 0.1) is 5.41 Å². The third-order valence-electron chi connectivity index (χ3n) is 4.80. The summed E-state index contributed by atoms with van der Waals surface area (Å²) >= 11 is 0. The van der Waals surface area contributed by atoms with Crippen LogP contribution in [-0.4, -0.2) is 16.3 Å². The summed E-state index contributed by atoms with van der Waals surface area (Å²) in [7, 11) is 0. The molecule has 1 atom stereocenters. The van der Waals surface area contributed by atoms with Crippen molar-refractivity contribution in [3.8, 4) is 0 Å². The minimum Gasteiger partial charge on any atom is -0.308 e. The Bertz CT molecular complexity index is 377. The first-order valence-corrected chi connectivity index (χ1v) is 8.02. The number of rotatable bonds is 7. The van der Waals surface area contributed by atoms with E-state index in [0.717, 1.165) is 19.5 Å². The molecule has 1 heterocycles. The largest absolute Gasteiger partial charge is 0.308 e. The molecule has 1 aliphatic rings. The first-order chi connectivity index (χ1) is 9.27. The Balaban J connectivity index is 2.30.